The molecule has 0 aromatic carbocycles. The molecule has 26 heavy (non-hydrogen) atoms. The number of likely N-dealkylation sites (tertiary alicyclic amines) is 1. The normalized spacial score (nSPS) is 17.2. The number of pyridine rings is 1. The average molecular weight is 367 g/mol. The summed E-state index contributed by atoms with van der Waals surface area (Å²) in [5.41, 5.74) is 4.35. The lowest BCUT2D eigenvalue weighted by Gasteiger charge is -2.33. The zero-order valence-corrected chi connectivity index (χ0v) is 14.8. The smallest absolute Gasteiger partial charge is 0.236 e. The van der Waals surface area contributed by atoms with Gasteiger partial charge in [-0.05, 0) is 18.9 Å². The third-order valence-electron chi connectivity index (χ3n) is 4.53. The Morgan fingerprint density at radius 3 is 3.27 bits per heavy atom. The van der Waals surface area contributed by atoms with Gasteiger partial charge in [0.15, 0.2) is 5.01 Å². The Kier molecular flexibility index (Phi) is 4.50. The zero-order chi connectivity index (χ0) is 17.9. The molecule has 1 aliphatic heterocycles. The number of anilines is 1. The molecule has 132 valence electrons. The fourth-order valence-electron chi connectivity index (χ4n) is 3.32. The van der Waals surface area contributed by atoms with Crippen LogP contribution in [0.15, 0.2) is 24.0 Å². The van der Waals surface area contributed by atoms with Crippen molar-refractivity contribution in [3.05, 3.63) is 24.0 Å². The standard InChI is InChI=1S/C17H17N7OS/c18-5-3-14(25)24-7-1-2-11(9-24)22-15-12-4-6-19-16(12)20-8-13(15)17-23-21-10-26-17/h4,6,8,10-11H,1-3,7,9H2,(H2,19,20,22)/t11-/m1/s1. The molecular formula is C17H17N7OS. The molecule has 8 nitrogen and oxygen atoms in total. The number of rotatable bonds is 4. The summed E-state index contributed by atoms with van der Waals surface area (Å²) in [7, 11) is 0. The minimum atomic E-state index is -0.107. The van der Waals surface area contributed by atoms with Crippen LogP contribution in [-0.2, 0) is 4.79 Å². The maximum Gasteiger partial charge on any atom is 0.236 e. The van der Waals surface area contributed by atoms with Gasteiger partial charge in [-0.25, -0.2) is 4.98 Å². The number of carbonyl (C=O) groups is 1. The number of piperidine rings is 1. The van der Waals surface area contributed by atoms with Crippen LogP contribution in [0.1, 0.15) is 19.3 Å². The summed E-state index contributed by atoms with van der Waals surface area (Å²) >= 11 is 1.46. The maximum atomic E-state index is 12.1. The number of amides is 1. The van der Waals surface area contributed by atoms with Gasteiger partial charge in [-0.1, -0.05) is 11.3 Å². The summed E-state index contributed by atoms with van der Waals surface area (Å²) in [5, 5.41) is 22.3. The number of nitriles is 1. The Morgan fingerprint density at radius 1 is 1.54 bits per heavy atom. The summed E-state index contributed by atoms with van der Waals surface area (Å²) in [6, 6.07) is 4.03. The van der Waals surface area contributed by atoms with Gasteiger partial charge in [0, 0.05) is 36.9 Å². The van der Waals surface area contributed by atoms with Crippen molar-refractivity contribution in [3.63, 3.8) is 0 Å². The van der Waals surface area contributed by atoms with Crippen molar-refractivity contribution in [1.82, 2.24) is 25.1 Å². The zero-order valence-electron chi connectivity index (χ0n) is 14.0. The van der Waals surface area contributed by atoms with Gasteiger partial charge < -0.3 is 15.2 Å². The van der Waals surface area contributed by atoms with E-state index in [9.17, 15) is 4.79 Å². The molecule has 2 N–H and O–H groups in total. The van der Waals surface area contributed by atoms with Crippen LogP contribution in [0.5, 0.6) is 0 Å². The summed E-state index contributed by atoms with van der Waals surface area (Å²) in [6.07, 6.45) is 5.45. The lowest BCUT2D eigenvalue weighted by atomic mass is 10.0. The van der Waals surface area contributed by atoms with E-state index in [1.807, 2.05) is 18.3 Å². The van der Waals surface area contributed by atoms with Crippen molar-refractivity contribution in [3.8, 4) is 16.6 Å². The van der Waals surface area contributed by atoms with Crippen LogP contribution < -0.4 is 5.32 Å². The van der Waals surface area contributed by atoms with Crippen molar-refractivity contribution >= 4 is 34.0 Å². The Hall–Kier alpha value is -2.99. The molecule has 3 aromatic rings. The van der Waals surface area contributed by atoms with Crippen LogP contribution in [0.2, 0.25) is 0 Å². The Morgan fingerprint density at radius 2 is 2.46 bits per heavy atom. The SMILES string of the molecule is N#CCC(=O)N1CCC[C@@H](Nc2c(-c3nncs3)cnc3[nH]ccc23)C1. The molecule has 0 unspecified atom stereocenters. The fourth-order valence-corrected chi connectivity index (χ4v) is 3.89. The summed E-state index contributed by atoms with van der Waals surface area (Å²) in [5.74, 6) is -0.107. The number of nitrogens with zero attached hydrogens (tertiary/aromatic N) is 5. The molecular weight excluding hydrogens is 350 g/mol. The number of aromatic nitrogens is 4. The van der Waals surface area contributed by atoms with Crippen molar-refractivity contribution in [1.29, 1.82) is 5.26 Å². The second-order valence-corrected chi connectivity index (χ2v) is 7.02. The minimum Gasteiger partial charge on any atom is -0.379 e. The molecule has 1 amide bonds. The molecule has 4 heterocycles. The summed E-state index contributed by atoms with van der Waals surface area (Å²) in [4.78, 5) is 21.4. The number of aromatic amines is 1. The van der Waals surface area contributed by atoms with E-state index in [1.54, 1.807) is 16.6 Å². The molecule has 0 spiro atoms. The van der Waals surface area contributed by atoms with Gasteiger partial charge in [0.05, 0.1) is 17.3 Å². The summed E-state index contributed by atoms with van der Waals surface area (Å²) in [6.45, 7) is 1.29. The highest BCUT2D eigenvalue weighted by Crippen LogP contribution is 2.35. The number of hydrogen-bond donors (Lipinski definition) is 2. The topological polar surface area (TPSA) is 111 Å². The molecule has 3 aromatic heterocycles. The Balaban J connectivity index is 1.64. The van der Waals surface area contributed by atoms with E-state index in [0.717, 1.165) is 40.1 Å². The van der Waals surface area contributed by atoms with Crippen LogP contribution in [-0.4, -0.2) is 50.1 Å². The van der Waals surface area contributed by atoms with E-state index in [-0.39, 0.29) is 18.4 Å². The van der Waals surface area contributed by atoms with Crippen molar-refractivity contribution in [2.75, 3.05) is 18.4 Å². The van der Waals surface area contributed by atoms with Crippen LogP contribution in [0.4, 0.5) is 5.69 Å². The van der Waals surface area contributed by atoms with Gasteiger partial charge >= 0.3 is 0 Å². The summed E-state index contributed by atoms with van der Waals surface area (Å²) < 4.78 is 0. The van der Waals surface area contributed by atoms with Crippen molar-refractivity contribution in [2.24, 2.45) is 0 Å². The highest BCUT2D eigenvalue weighted by molar-refractivity contribution is 7.12. The van der Waals surface area contributed by atoms with Crippen molar-refractivity contribution in [2.45, 2.75) is 25.3 Å². The third kappa shape index (κ3) is 3.11. The molecule has 1 fully saturated rings. The highest BCUT2D eigenvalue weighted by atomic mass is 32.1. The van der Waals surface area contributed by atoms with Gasteiger partial charge in [0.1, 0.15) is 17.6 Å². The predicted molar refractivity (Wildman–Crippen MR) is 98.5 cm³/mol. The van der Waals surface area contributed by atoms with E-state index in [1.165, 1.54) is 11.3 Å². The second kappa shape index (κ2) is 7.09. The molecule has 0 aliphatic carbocycles. The second-order valence-electron chi connectivity index (χ2n) is 6.19. The molecule has 0 saturated carbocycles. The molecule has 4 rings (SSSR count). The predicted octanol–water partition coefficient (Wildman–Crippen LogP) is 2.40. The van der Waals surface area contributed by atoms with Crippen LogP contribution in [0, 0.1) is 11.3 Å². The number of nitrogens with one attached hydrogen (secondary N) is 2. The fraction of sp³-hybridized carbons (Fsp3) is 0.353. The molecule has 0 radical (unpaired) electrons. The third-order valence-corrected chi connectivity index (χ3v) is 5.25. The van der Waals surface area contributed by atoms with Gasteiger partial charge in [0.25, 0.3) is 0 Å². The largest absolute Gasteiger partial charge is 0.379 e. The lowest BCUT2D eigenvalue weighted by molar-refractivity contribution is -0.131. The molecule has 1 aliphatic rings. The highest BCUT2D eigenvalue weighted by Gasteiger charge is 2.25. The van der Waals surface area contributed by atoms with E-state index in [4.69, 9.17) is 5.26 Å². The molecule has 0 bridgehead atoms. The molecule has 9 heteroatoms. The minimum absolute atomic E-state index is 0.0694. The first kappa shape index (κ1) is 16.5. The average Bonchev–Trinajstić information content (AvgIpc) is 3.34. The van der Waals surface area contributed by atoms with E-state index in [0.29, 0.717) is 13.1 Å². The monoisotopic (exact) mass is 367 g/mol. The van der Waals surface area contributed by atoms with Gasteiger partial charge in [-0.2, -0.15) is 5.26 Å². The van der Waals surface area contributed by atoms with E-state index >= 15 is 0 Å². The maximum absolute atomic E-state index is 12.1. The van der Waals surface area contributed by atoms with Crippen LogP contribution in [0.25, 0.3) is 21.6 Å². The lowest BCUT2D eigenvalue weighted by Crippen LogP contribution is -2.45. The molecule has 1 atom stereocenters. The first-order valence-electron chi connectivity index (χ1n) is 8.40. The molecule has 1 saturated heterocycles. The number of fused-ring (bicyclic) bond motifs is 1. The van der Waals surface area contributed by atoms with E-state index in [2.05, 4.69) is 25.5 Å². The van der Waals surface area contributed by atoms with E-state index < -0.39 is 0 Å². The first-order chi connectivity index (χ1) is 12.8. The Labute approximate surface area is 153 Å². The van der Waals surface area contributed by atoms with Gasteiger partial charge in [-0.15, -0.1) is 10.2 Å². The van der Waals surface area contributed by atoms with Gasteiger partial charge in [-0.3, -0.25) is 4.79 Å². The van der Waals surface area contributed by atoms with Crippen molar-refractivity contribution < 1.29 is 4.79 Å². The van der Waals surface area contributed by atoms with Crippen LogP contribution >= 0.6 is 11.3 Å². The first-order valence-corrected chi connectivity index (χ1v) is 9.28. The number of carbonyl (C=O) groups excluding carboxylic acids is 1. The van der Waals surface area contributed by atoms with Gasteiger partial charge in [0.2, 0.25) is 5.91 Å². The van der Waals surface area contributed by atoms with Crippen LogP contribution in [0.3, 0.4) is 0 Å². The number of hydrogen-bond acceptors (Lipinski definition) is 7. The number of H-pyrrole nitrogens is 1. The Bertz CT molecular complexity index is 959. The quantitative estimate of drug-likeness (QED) is 0.732.